The molecule has 0 N–H and O–H groups in total. The van der Waals surface area contributed by atoms with E-state index in [9.17, 15) is 8.42 Å². The van der Waals surface area contributed by atoms with Crippen LogP contribution in [-0.4, -0.2) is 28.1 Å². The lowest BCUT2D eigenvalue weighted by molar-refractivity contribution is 0.382. The second-order valence-electron chi connectivity index (χ2n) is 5.98. The lowest BCUT2D eigenvalue weighted by Gasteiger charge is -2.11. The first-order valence-electron chi connectivity index (χ1n) is 8.06. The van der Waals surface area contributed by atoms with Crippen LogP contribution in [0, 0.1) is 13.8 Å². The molecule has 0 aliphatic carbocycles. The standard InChI is InChI=1S/C17H20N4O3S/c1-4-5-15-19-16(24-20-15)11-25(22,23)17-18-8-9-21(17)14-10-12(2)6-7-13(14)3/h6-10H,4-5,11H2,1-3H3. The number of nitrogens with zero attached hydrogens (tertiary/aromatic N) is 4. The van der Waals surface area contributed by atoms with Crippen molar-refractivity contribution in [2.45, 2.75) is 44.5 Å². The fraction of sp³-hybridized carbons (Fsp3) is 0.353. The van der Waals surface area contributed by atoms with E-state index in [2.05, 4.69) is 15.1 Å². The van der Waals surface area contributed by atoms with E-state index in [4.69, 9.17) is 4.52 Å². The molecule has 3 rings (SSSR count). The van der Waals surface area contributed by atoms with Gasteiger partial charge in [-0.05, 0) is 37.5 Å². The van der Waals surface area contributed by atoms with Crippen molar-refractivity contribution in [2.75, 3.05) is 0 Å². The fourth-order valence-corrected chi connectivity index (χ4v) is 3.84. The summed E-state index contributed by atoms with van der Waals surface area (Å²) in [6.07, 6.45) is 4.64. The van der Waals surface area contributed by atoms with E-state index >= 15 is 0 Å². The lowest BCUT2D eigenvalue weighted by Crippen LogP contribution is -2.13. The Labute approximate surface area is 146 Å². The van der Waals surface area contributed by atoms with Crippen molar-refractivity contribution in [3.8, 4) is 5.69 Å². The molecule has 0 atom stereocenters. The summed E-state index contributed by atoms with van der Waals surface area (Å²) in [5.74, 6) is 0.232. The van der Waals surface area contributed by atoms with Gasteiger partial charge in [-0.1, -0.05) is 24.2 Å². The number of hydrogen-bond acceptors (Lipinski definition) is 6. The summed E-state index contributed by atoms with van der Waals surface area (Å²) in [7, 11) is -3.72. The van der Waals surface area contributed by atoms with Gasteiger partial charge in [0.25, 0.3) is 0 Å². The Balaban J connectivity index is 1.96. The van der Waals surface area contributed by atoms with Crippen LogP contribution >= 0.6 is 0 Å². The summed E-state index contributed by atoms with van der Waals surface area (Å²) >= 11 is 0. The minimum atomic E-state index is -3.72. The monoisotopic (exact) mass is 360 g/mol. The van der Waals surface area contributed by atoms with E-state index in [1.165, 1.54) is 6.20 Å². The molecule has 0 fully saturated rings. The van der Waals surface area contributed by atoms with Crippen LogP contribution in [0.25, 0.3) is 5.69 Å². The molecule has 0 amide bonds. The summed E-state index contributed by atoms with van der Waals surface area (Å²) < 4.78 is 32.3. The third-order valence-corrected chi connectivity index (χ3v) is 5.29. The number of aromatic nitrogens is 4. The Morgan fingerprint density at radius 2 is 2.04 bits per heavy atom. The maximum atomic E-state index is 12.8. The van der Waals surface area contributed by atoms with Gasteiger partial charge >= 0.3 is 0 Å². The summed E-state index contributed by atoms with van der Waals surface area (Å²) in [6, 6.07) is 5.87. The quantitative estimate of drug-likeness (QED) is 0.671. The predicted octanol–water partition coefficient (Wildman–Crippen LogP) is 2.80. The van der Waals surface area contributed by atoms with E-state index in [1.807, 2.05) is 39.0 Å². The van der Waals surface area contributed by atoms with Crippen molar-refractivity contribution in [2.24, 2.45) is 0 Å². The van der Waals surface area contributed by atoms with Crippen LogP contribution in [-0.2, 0) is 22.0 Å². The molecule has 1 aromatic carbocycles. The fourth-order valence-electron chi connectivity index (χ4n) is 2.58. The zero-order valence-corrected chi connectivity index (χ0v) is 15.2. The molecule has 2 aromatic heterocycles. The first-order valence-corrected chi connectivity index (χ1v) is 9.71. The average Bonchev–Trinajstić information content (AvgIpc) is 3.19. The van der Waals surface area contributed by atoms with Gasteiger partial charge < -0.3 is 4.52 Å². The first kappa shape index (κ1) is 17.3. The number of hydrogen-bond donors (Lipinski definition) is 0. The third-order valence-electron chi connectivity index (χ3n) is 3.81. The molecule has 0 bridgehead atoms. The van der Waals surface area contributed by atoms with Crippen LogP contribution in [0.3, 0.4) is 0 Å². The van der Waals surface area contributed by atoms with E-state index in [-0.39, 0.29) is 16.8 Å². The number of benzene rings is 1. The average molecular weight is 360 g/mol. The topological polar surface area (TPSA) is 90.9 Å². The summed E-state index contributed by atoms with van der Waals surface area (Å²) in [5, 5.41) is 3.77. The number of aryl methyl sites for hydroxylation is 3. The van der Waals surface area contributed by atoms with E-state index in [1.54, 1.807) is 10.8 Å². The van der Waals surface area contributed by atoms with E-state index in [0.717, 1.165) is 23.2 Å². The van der Waals surface area contributed by atoms with Gasteiger partial charge in [0.2, 0.25) is 20.9 Å². The van der Waals surface area contributed by atoms with Gasteiger partial charge in [0.1, 0.15) is 5.75 Å². The van der Waals surface area contributed by atoms with Crippen LogP contribution < -0.4 is 0 Å². The maximum absolute atomic E-state index is 12.8. The van der Waals surface area contributed by atoms with Gasteiger partial charge in [0.15, 0.2) is 5.82 Å². The van der Waals surface area contributed by atoms with Gasteiger partial charge in [-0.2, -0.15) is 4.98 Å². The second kappa shape index (κ2) is 6.79. The van der Waals surface area contributed by atoms with Gasteiger partial charge in [0, 0.05) is 18.8 Å². The van der Waals surface area contributed by atoms with Crippen LogP contribution in [0.2, 0.25) is 0 Å². The minimum absolute atomic E-state index is 0.0311. The Bertz CT molecular complexity index is 989. The van der Waals surface area contributed by atoms with Crippen LogP contribution in [0.1, 0.15) is 36.2 Å². The highest BCUT2D eigenvalue weighted by Crippen LogP contribution is 2.22. The van der Waals surface area contributed by atoms with Gasteiger partial charge in [0.05, 0.1) is 5.69 Å². The zero-order chi connectivity index (χ0) is 18.0. The highest BCUT2D eigenvalue weighted by Gasteiger charge is 2.25. The molecule has 25 heavy (non-hydrogen) atoms. The molecular formula is C17H20N4O3S. The van der Waals surface area contributed by atoms with Crippen molar-refractivity contribution in [1.82, 2.24) is 19.7 Å². The molecule has 0 unspecified atom stereocenters. The van der Waals surface area contributed by atoms with Gasteiger partial charge in [-0.25, -0.2) is 13.4 Å². The SMILES string of the molecule is CCCc1noc(CS(=O)(=O)c2nccn2-c2cc(C)ccc2C)n1. The summed E-state index contributed by atoms with van der Waals surface area (Å²) in [5.41, 5.74) is 2.79. The Hall–Kier alpha value is -2.48. The Kier molecular flexibility index (Phi) is 4.71. The summed E-state index contributed by atoms with van der Waals surface area (Å²) in [4.78, 5) is 8.19. The van der Waals surface area contributed by atoms with Gasteiger partial charge in [-0.15, -0.1) is 0 Å². The molecule has 0 radical (unpaired) electrons. The number of imidazole rings is 1. The molecule has 0 saturated carbocycles. The minimum Gasteiger partial charge on any atom is -0.338 e. The molecule has 0 spiro atoms. The number of rotatable bonds is 6. The second-order valence-corrected chi connectivity index (χ2v) is 7.87. The van der Waals surface area contributed by atoms with Crippen LogP contribution in [0.15, 0.2) is 40.3 Å². The van der Waals surface area contributed by atoms with Crippen LogP contribution in [0.5, 0.6) is 0 Å². The lowest BCUT2D eigenvalue weighted by atomic mass is 10.1. The molecule has 8 heteroatoms. The van der Waals surface area contributed by atoms with Crippen LogP contribution in [0.4, 0.5) is 0 Å². The molecule has 0 aliphatic rings. The van der Waals surface area contributed by atoms with Crippen molar-refractivity contribution < 1.29 is 12.9 Å². The molecule has 0 aliphatic heterocycles. The van der Waals surface area contributed by atoms with E-state index in [0.29, 0.717) is 12.2 Å². The normalized spacial score (nSPS) is 11.8. The van der Waals surface area contributed by atoms with Crippen molar-refractivity contribution in [1.29, 1.82) is 0 Å². The molecular weight excluding hydrogens is 340 g/mol. The Morgan fingerprint density at radius 3 is 2.80 bits per heavy atom. The smallest absolute Gasteiger partial charge is 0.242 e. The van der Waals surface area contributed by atoms with Crippen molar-refractivity contribution in [3.05, 3.63) is 53.4 Å². The summed E-state index contributed by atoms with van der Waals surface area (Å²) in [6.45, 7) is 5.88. The molecule has 7 nitrogen and oxygen atoms in total. The maximum Gasteiger partial charge on any atom is 0.242 e. The number of sulfone groups is 1. The molecule has 0 saturated heterocycles. The van der Waals surface area contributed by atoms with Crippen molar-refractivity contribution >= 4 is 9.84 Å². The predicted molar refractivity (Wildman–Crippen MR) is 92.2 cm³/mol. The van der Waals surface area contributed by atoms with Crippen molar-refractivity contribution in [3.63, 3.8) is 0 Å². The van der Waals surface area contributed by atoms with E-state index < -0.39 is 9.84 Å². The largest absolute Gasteiger partial charge is 0.338 e. The highest BCUT2D eigenvalue weighted by atomic mass is 32.2. The molecule has 3 aromatic rings. The third kappa shape index (κ3) is 3.63. The molecule has 2 heterocycles. The highest BCUT2D eigenvalue weighted by molar-refractivity contribution is 7.90. The van der Waals surface area contributed by atoms with Gasteiger partial charge in [-0.3, -0.25) is 4.57 Å². The zero-order valence-electron chi connectivity index (χ0n) is 14.4. The Morgan fingerprint density at radius 1 is 1.24 bits per heavy atom. The molecule has 132 valence electrons. The first-order chi connectivity index (χ1) is 11.9.